The number of nitrogens with zero attached hydrogens (tertiary/aromatic N) is 2. The van der Waals surface area contributed by atoms with Gasteiger partial charge in [0.25, 0.3) is 0 Å². The highest BCUT2D eigenvalue weighted by Crippen LogP contribution is 2.10. The SMILES string of the molecule is C=CCn1ccnc1C(C)C. The Morgan fingerprint density at radius 2 is 2.45 bits per heavy atom. The van der Waals surface area contributed by atoms with E-state index in [0.717, 1.165) is 12.4 Å². The fourth-order valence-corrected chi connectivity index (χ4v) is 1.11. The van der Waals surface area contributed by atoms with Crippen molar-refractivity contribution >= 4 is 0 Å². The molecular formula is C9H14N2. The minimum Gasteiger partial charge on any atom is -0.331 e. The Hall–Kier alpha value is -1.05. The van der Waals surface area contributed by atoms with Gasteiger partial charge in [-0.2, -0.15) is 0 Å². The number of hydrogen-bond acceptors (Lipinski definition) is 1. The van der Waals surface area contributed by atoms with Crippen LogP contribution in [0.4, 0.5) is 0 Å². The van der Waals surface area contributed by atoms with Crippen LogP contribution in [0.5, 0.6) is 0 Å². The Morgan fingerprint density at radius 3 is 3.00 bits per heavy atom. The van der Waals surface area contributed by atoms with E-state index in [1.54, 1.807) is 0 Å². The molecule has 60 valence electrons. The fraction of sp³-hybridized carbons (Fsp3) is 0.444. The highest BCUT2D eigenvalue weighted by Gasteiger charge is 2.04. The van der Waals surface area contributed by atoms with E-state index in [0.29, 0.717) is 5.92 Å². The number of rotatable bonds is 3. The first-order valence-electron chi connectivity index (χ1n) is 3.87. The molecule has 0 aliphatic carbocycles. The lowest BCUT2D eigenvalue weighted by molar-refractivity contribution is 0.679. The van der Waals surface area contributed by atoms with E-state index < -0.39 is 0 Å². The third-order valence-electron chi connectivity index (χ3n) is 1.59. The maximum atomic E-state index is 4.25. The van der Waals surface area contributed by atoms with Gasteiger partial charge in [-0.3, -0.25) is 0 Å². The molecule has 1 aromatic heterocycles. The first-order chi connectivity index (χ1) is 5.25. The average Bonchev–Trinajstić information content (AvgIpc) is 2.36. The van der Waals surface area contributed by atoms with Crippen LogP contribution >= 0.6 is 0 Å². The summed E-state index contributed by atoms with van der Waals surface area (Å²) in [4.78, 5) is 4.25. The summed E-state index contributed by atoms with van der Waals surface area (Å²) in [5.41, 5.74) is 0. The molecule has 0 saturated heterocycles. The number of hydrogen-bond donors (Lipinski definition) is 0. The van der Waals surface area contributed by atoms with Crippen molar-refractivity contribution in [1.82, 2.24) is 9.55 Å². The molecule has 0 aliphatic heterocycles. The molecule has 2 nitrogen and oxygen atoms in total. The Morgan fingerprint density at radius 1 is 1.73 bits per heavy atom. The normalized spacial score (nSPS) is 10.5. The van der Waals surface area contributed by atoms with Crippen LogP contribution in [0, 0.1) is 0 Å². The van der Waals surface area contributed by atoms with Crippen LogP contribution in [0.1, 0.15) is 25.6 Å². The number of aromatic nitrogens is 2. The summed E-state index contributed by atoms with van der Waals surface area (Å²) in [5, 5.41) is 0. The molecule has 0 atom stereocenters. The highest BCUT2D eigenvalue weighted by atomic mass is 15.1. The summed E-state index contributed by atoms with van der Waals surface area (Å²) in [6.45, 7) is 8.82. The van der Waals surface area contributed by atoms with Gasteiger partial charge >= 0.3 is 0 Å². The van der Waals surface area contributed by atoms with Gasteiger partial charge in [0.1, 0.15) is 5.82 Å². The zero-order chi connectivity index (χ0) is 8.27. The maximum absolute atomic E-state index is 4.25. The maximum Gasteiger partial charge on any atom is 0.111 e. The van der Waals surface area contributed by atoms with E-state index in [9.17, 15) is 0 Å². The van der Waals surface area contributed by atoms with Gasteiger partial charge in [0, 0.05) is 24.9 Å². The average molecular weight is 150 g/mol. The molecular weight excluding hydrogens is 136 g/mol. The third-order valence-corrected chi connectivity index (χ3v) is 1.59. The van der Waals surface area contributed by atoms with Crippen molar-refractivity contribution < 1.29 is 0 Å². The first kappa shape index (κ1) is 8.05. The molecule has 1 aromatic rings. The summed E-state index contributed by atoms with van der Waals surface area (Å²) in [6, 6.07) is 0. The molecule has 0 saturated carbocycles. The van der Waals surface area contributed by atoms with Crippen molar-refractivity contribution in [2.45, 2.75) is 26.3 Å². The van der Waals surface area contributed by atoms with Crippen molar-refractivity contribution in [2.75, 3.05) is 0 Å². The van der Waals surface area contributed by atoms with Crippen LogP contribution in [-0.4, -0.2) is 9.55 Å². The lowest BCUT2D eigenvalue weighted by Gasteiger charge is -2.06. The lowest BCUT2D eigenvalue weighted by Crippen LogP contribution is -2.02. The molecule has 0 radical (unpaired) electrons. The Bertz CT molecular complexity index is 235. The standard InChI is InChI=1S/C9H14N2/c1-4-6-11-7-5-10-9(11)8(2)3/h4-5,7-8H,1,6H2,2-3H3. The molecule has 0 bridgehead atoms. The van der Waals surface area contributed by atoms with Gasteiger partial charge in [-0.15, -0.1) is 6.58 Å². The Labute approximate surface area is 67.6 Å². The van der Waals surface area contributed by atoms with Crippen LogP contribution in [0.3, 0.4) is 0 Å². The first-order valence-corrected chi connectivity index (χ1v) is 3.87. The number of allylic oxidation sites excluding steroid dienone is 1. The molecule has 0 fully saturated rings. The largest absolute Gasteiger partial charge is 0.331 e. The lowest BCUT2D eigenvalue weighted by atomic mass is 10.2. The molecule has 0 N–H and O–H groups in total. The minimum atomic E-state index is 0.491. The molecule has 0 aromatic carbocycles. The van der Waals surface area contributed by atoms with E-state index >= 15 is 0 Å². The number of imidazole rings is 1. The van der Waals surface area contributed by atoms with Gasteiger partial charge < -0.3 is 4.57 Å². The summed E-state index contributed by atoms with van der Waals surface area (Å²) in [5.74, 6) is 1.62. The van der Waals surface area contributed by atoms with Gasteiger partial charge in [-0.1, -0.05) is 19.9 Å². The molecule has 0 aliphatic rings. The Balaban J connectivity index is 2.86. The van der Waals surface area contributed by atoms with Crippen LogP contribution in [0.25, 0.3) is 0 Å². The molecule has 2 heteroatoms. The van der Waals surface area contributed by atoms with Crippen molar-refractivity contribution in [3.8, 4) is 0 Å². The van der Waals surface area contributed by atoms with E-state index in [4.69, 9.17) is 0 Å². The van der Waals surface area contributed by atoms with Crippen molar-refractivity contribution in [1.29, 1.82) is 0 Å². The fourth-order valence-electron chi connectivity index (χ4n) is 1.11. The van der Waals surface area contributed by atoms with Crippen molar-refractivity contribution in [3.63, 3.8) is 0 Å². The van der Waals surface area contributed by atoms with Gasteiger partial charge in [-0.25, -0.2) is 4.98 Å². The predicted molar refractivity (Wildman–Crippen MR) is 46.5 cm³/mol. The quantitative estimate of drug-likeness (QED) is 0.604. The topological polar surface area (TPSA) is 17.8 Å². The minimum absolute atomic E-state index is 0.491. The molecule has 1 heterocycles. The molecule has 0 spiro atoms. The monoisotopic (exact) mass is 150 g/mol. The predicted octanol–water partition coefficient (Wildman–Crippen LogP) is 2.19. The van der Waals surface area contributed by atoms with Gasteiger partial charge in [0.2, 0.25) is 0 Å². The smallest absolute Gasteiger partial charge is 0.111 e. The zero-order valence-corrected chi connectivity index (χ0v) is 7.12. The van der Waals surface area contributed by atoms with Crippen LogP contribution in [0.2, 0.25) is 0 Å². The molecule has 0 unspecified atom stereocenters. The second-order valence-corrected chi connectivity index (χ2v) is 2.88. The highest BCUT2D eigenvalue weighted by molar-refractivity contribution is 4.98. The van der Waals surface area contributed by atoms with Crippen LogP contribution in [-0.2, 0) is 6.54 Å². The van der Waals surface area contributed by atoms with E-state index in [1.165, 1.54) is 0 Å². The second-order valence-electron chi connectivity index (χ2n) is 2.88. The zero-order valence-electron chi connectivity index (χ0n) is 7.12. The van der Waals surface area contributed by atoms with E-state index in [2.05, 4.69) is 30.0 Å². The summed E-state index contributed by atoms with van der Waals surface area (Å²) < 4.78 is 2.11. The van der Waals surface area contributed by atoms with Crippen LogP contribution in [0.15, 0.2) is 25.0 Å². The molecule has 1 rings (SSSR count). The van der Waals surface area contributed by atoms with E-state index in [-0.39, 0.29) is 0 Å². The van der Waals surface area contributed by atoms with Crippen molar-refractivity contribution in [2.24, 2.45) is 0 Å². The van der Waals surface area contributed by atoms with Crippen LogP contribution < -0.4 is 0 Å². The van der Waals surface area contributed by atoms with Crippen molar-refractivity contribution in [3.05, 3.63) is 30.9 Å². The third kappa shape index (κ3) is 1.70. The summed E-state index contributed by atoms with van der Waals surface area (Å²) in [7, 11) is 0. The van der Waals surface area contributed by atoms with Gasteiger partial charge in [0.05, 0.1) is 0 Å². The second kappa shape index (κ2) is 3.37. The summed E-state index contributed by atoms with van der Waals surface area (Å²) >= 11 is 0. The molecule has 11 heavy (non-hydrogen) atoms. The molecule has 0 amide bonds. The van der Waals surface area contributed by atoms with Gasteiger partial charge in [0.15, 0.2) is 0 Å². The summed E-state index contributed by atoms with van der Waals surface area (Å²) in [6.07, 6.45) is 5.70. The Kier molecular flexibility index (Phi) is 2.47. The van der Waals surface area contributed by atoms with E-state index in [1.807, 2.05) is 18.5 Å². The van der Waals surface area contributed by atoms with Gasteiger partial charge in [-0.05, 0) is 0 Å².